The van der Waals surface area contributed by atoms with Gasteiger partial charge in [-0.3, -0.25) is 0 Å². The van der Waals surface area contributed by atoms with Gasteiger partial charge < -0.3 is 20.3 Å². The Balaban J connectivity index is 1.77. The maximum Gasteiger partial charge on any atom is 0.319 e. The second-order valence-electron chi connectivity index (χ2n) is 5.91. The number of ether oxygens (including phenoxy) is 1. The fourth-order valence-electron chi connectivity index (χ4n) is 2.74. The van der Waals surface area contributed by atoms with Crippen LogP contribution in [0.5, 0.6) is 5.75 Å². The van der Waals surface area contributed by atoms with Gasteiger partial charge in [-0.1, -0.05) is 0 Å². The number of hydrogen-bond acceptors (Lipinski definition) is 2. The maximum absolute atomic E-state index is 12.0. The molecule has 21 heavy (non-hydrogen) atoms. The summed E-state index contributed by atoms with van der Waals surface area (Å²) in [5.74, 6) is 0.782. The van der Waals surface area contributed by atoms with Crippen molar-refractivity contribution in [1.29, 1.82) is 0 Å². The van der Waals surface area contributed by atoms with Crippen molar-refractivity contribution in [1.82, 2.24) is 5.32 Å². The summed E-state index contributed by atoms with van der Waals surface area (Å²) < 4.78 is 5.09. The Hall–Kier alpha value is -1.75. The molecule has 1 aromatic carbocycles. The van der Waals surface area contributed by atoms with Crippen molar-refractivity contribution in [2.75, 3.05) is 25.5 Å². The Bertz CT molecular complexity index is 451. The van der Waals surface area contributed by atoms with E-state index < -0.39 is 0 Å². The van der Waals surface area contributed by atoms with E-state index in [0.29, 0.717) is 6.04 Å². The van der Waals surface area contributed by atoms with Crippen molar-refractivity contribution in [2.45, 2.75) is 38.8 Å². The molecule has 116 valence electrons. The number of quaternary nitrogens is 1. The molecule has 1 fully saturated rings. The second-order valence-corrected chi connectivity index (χ2v) is 5.91. The topological polar surface area (TPSA) is 54.8 Å². The molecule has 0 saturated carbocycles. The molecule has 0 unspecified atom stereocenters. The number of hydrogen-bond donors (Lipinski definition) is 3. The van der Waals surface area contributed by atoms with Crippen LogP contribution in [0.2, 0.25) is 0 Å². The number of methoxy groups -OCH3 is 1. The lowest BCUT2D eigenvalue weighted by atomic mass is 10.0. The molecule has 1 heterocycles. The minimum absolute atomic E-state index is 0.127. The molecular formula is C16H26N3O2+. The van der Waals surface area contributed by atoms with Crippen molar-refractivity contribution in [3.8, 4) is 5.75 Å². The Morgan fingerprint density at radius 3 is 2.38 bits per heavy atom. The van der Waals surface area contributed by atoms with Gasteiger partial charge in [-0.25, -0.2) is 4.79 Å². The first-order valence-corrected chi connectivity index (χ1v) is 7.64. The summed E-state index contributed by atoms with van der Waals surface area (Å²) in [6.45, 7) is 6.76. The number of amides is 2. The minimum atomic E-state index is -0.127. The summed E-state index contributed by atoms with van der Waals surface area (Å²) in [4.78, 5) is 13.6. The molecule has 0 radical (unpaired) electrons. The van der Waals surface area contributed by atoms with Crippen LogP contribution >= 0.6 is 0 Å². The molecule has 3 N–H and O–H groups in total. The normalized spacial score (nSPS) is 21.9. The number of likely N-dealkylation sites (tertiary alicyclic amines) is 1. The number of rotatable bonds is 4. The molecule has 1 aliphatic rings. The number of carbonyl (C=O) groups is 1. The third-order valence-corrected chi connectivity index (χ3v) is 4.13. The average Bonchev–Trinajstić information content (AvgIpc) is 2.48. The standard InChI is InChI=1S/C16H25N3O2/c1-12(2)19-10-8-14(9-11-19)18-16(20)17-13-4-6-15(21-3)7-5-13/h4-7,12,14H,8-11H2,1-3H3,(H2,17,18,20)/p+1. The van der Waals surface area contributed by atoms with Gasteiger partial charge in [0, 0.05) is 24.6 Å². The molecule has 0 aliphatic carbocycles. The number of urea groups is 1. The largest absolute Gasteiger partial charge is 0.497 e. The molecule has 0 aromatic heterocycles. The number of nitrogens with one attached hydrogen (secondary N) is 3. The van der Waals surface area contributed by atoms with E-state index in [-0.39, 0.29) is 12.1 Å². The molecular weight excluding hydrogens is 266 g/mol. The highest BCUT2D eigenvalue weighted by Crippen LogP contribution is 2.14. The zero-order valence-corrected chi connectivity index (χ0v) is 13.1. The van der Waals surface area contributed by atoms with Crippen LogP contribution in [0.4, 0.5) is 10.5 Å². The number of benzene rings is 1. The fraction of sp³-hybridized carbons (Fsp3) is 0.562. The molecule has 1 aliphatic heterocycles. The highest BCUT2D eigenvalue weighted by atomic mass is 16.5. The van der Waals surface area contributed by atoms with E-state index in [1.165, 1.54) is 0 Å². The molecule has 2 rings (SSSR count). The van der Waals surface area contributed by atoms with E-state index in [1.807, 2.05) is 24.3 Å². The summed E-state index contributed by atoms with van der Waals surface area (Å²) in [5.41, 5.74) is 0.776. The Morgan fingerprint density at radius 2 is 1.86 bits per heavy atom. The first kappa shape index (κ1) is 15.6. The van der Waals surface area contributed by atoms with Crippen molar-refractivity contribution >= 4 is 11.7 Å². The van der Waals surface area contributed by atoms with Gasteiger partial charge in [-0.05, 0) is 38.1 Å². The van der Waals surface area contributed by atoms with Crippen LogP contribution in [0.1, 0.15) is 26.7 Å². The number of piperidine rings is 1. The SMILES string of the molecule is COc1ccc(NC(=O)NC2CC[NH+](C(C)C)CC2)cc1. The Kier molecular flexibility index (Phi) is 5.44. The predicted molar refractivity (Wildman–Crippen MR) is 84.0 cm³/mol. The summed E-state index contributed by atoms with van der Waals surface area (Å²) in [6, 6.07) is 8.16. The highest BCUT2D eigenvalue weighted by molar-refractivity contribution is 5.89. The van der Waals surface area contributed by atoms with E-state index in [4.69, 9.17) is 4.74 Å². The van der Waals surface area contributed by atoms with Crippen LogP contribution in [0, 0.1) is 0 Å². The van der Waals surface area contributed by atoms with Gasteiger partial charge in [0.05, 0.1) is 26.2 Å². The summed E-state index contributed by atoms with van der Waals surface area (Å²) in [6.07, 6.45) is 2.09. The predicted octanol–water partition coefficient (Wildman–Crippen LogP) is 1.27. The van der Waals surface area contributed by atoms with Gasteiger partial charge >= 0.3 is 6.03 Å². The van der Waals surface area contributed by atoms with Crippen LogP contribution in [-0.4, -0.2) is 38.3 Å². The quantitative estimate of drug-likeness (QED) is 0.783. The molecule has 2 amide bonds. The van der Waals surface area contributed by atoms with Crippen LogP contribution in [0.25, 0.3) is 0 Å². The molecule has 0 spiro atoms. The second kappa shape index (κ2) is 7.31. The monoisotopic (exact) mass is 292 g/mol. The first-order valence-electron chi connectivity index (χ1n) is 7.64. The molecule has 1 aromatic rings. The zero-order chi connectivity index (χ0) is 15.2. The van der Waals surface area contributed by atoms with Crippen LogP contribution in [-0.2, 0) is 0 Å². The van der Waals surface area contributed by atoms with Crippen molar-refractivity contribution in [2.24, 2.45) is 0 Å². The van der Waals surface area contributed by atoms with Crippen LogP contribution in [0.3, 0.4) is 0 Å². The van der Waals surface area contributed by atoms with Crippen LogP contribution in [0.15, 0.2) is 24.3 Å². The average molecular weight is 292 g/mol. The number of anilines is 1. The molecule has 1 saturated heterocycles. The summed E-state index contributed by atoms with van der Waals surface area (Å²) >= 11 is 0. The van der Waals surface area contributed by atoms with Crippen LogP contribution < -0.4 is 20.3 Å². The van der Waals surface area contributed by atoms with Gasteiger partial charge in [-0.2, -0.15) is 0 Å². The van der Waals surface area contributed by atoms with Gasteiger partial charge in [0.1, 0.15) is 5.75 Å². The Morgan fingerprint density at radius 1 is 1.24 bits per heavy atom. The lowest BCUT2D eigenvalue weighted by Gasteiger charge is -2.32. The third kappa shape index (κ3) is 4.63. The van der Waals surface area contributed by atoms with Gasteiger partial charge in [0.15, 0.2) is 0 Å². The lowest BCUT2D eigenvalue weighted by molar-refractivity contribution is -0.926. The highest BCUT2D eigenvalue weighted by Gasteiger charge is 2.24. The van der Waals surface area contributed by atoms with E-state index >= 15 is 0 Å². The summed E-state index contributed by atoms with van der Waals surface area (Å²) in [5, 5.41) is 5.92. The first-order chi connectivity index (χ1) is 10.1. The van der Waals surface area contributed by atoms with E-state index in [1.54, 1.807) is 12.0 Å². The number of carbonyl (C=O) groups excluding carboxylic acids is 1. The smallest absolute Gasteiger partial charge is 0.319 e. The van der Waals surface area contributed by atoms with Crippen molar-refractivity contribution < 1.29 is 14.4 Å². The van der Waals surface area contributed by atoms with Gasteiger partial charge in [0.2, 0.25) is 0 Å². The third-order valence-electron chi connectivity index (χ3n) is 4.13. The Labute approximate surface area is 126 Å². The van der Waals surface area contributed by atoms with E-state index in [9.17, 15) is 4.79 Å². The fourth-order valence-corrected chi connectivity index (χ4v) is 2.74. The zero-order valence-electron chi connectivity index (χ0n) is 13.1. The minimum Gasteiger partial charge on any atom is -0.497 e. The van der Waals surface area contributed by atoms with Crippen molar-refractivity contribution in [3.05, 3.63) is 24.3 Å². The van der Waals surface area contributed by atoms with E-state index in [0.717, 1.165) is 37.4 Å². The molecule has 5 heteroatoms. The van der Waals surface area contributed by atoms with Gasteiger partial charge in [0.25, 0.3) is 0 Å². The maximum atomic E-state index is 12.0. The molecule has 0 bridgehead atoms. The summed E-state index contributed by atoms with van der Waals surface area (Å²) in [7, 11) is 1.63. The van der Waals surface area contributed by atoms with E-state index in [2.05, 4.69) is 24.5 Å². The lowest BCUT2D eigenvalue weighted by Crippen LogP contribution is -3.16. The molecule has 5 nitrogen and oxygen atoms in total. The van der Waals surface area contributed by atoms with Gasteiger partial charge in [-0.15, -0.1) is 0 Å². The molecule has 0 atom stereocenters. The van der Waals surface area contributed by atoms with Crippen molar-refractivity contribution in [3.63, 3.8) is 0 Å².